The van der Waals surface area contributed by atoms with E-state index in [1.807, 2.05) is 5.57 Å². The zero-order valence-corrected chi connectivity index (χ0v) is 7.97. The Hall–Kier alpha value is -0.260. The first-order valence-electron chi connectivity index (χ1n) is 5.48. The topological polar surface area (TPSA) is 0 Å². The molecule has 0 radical (unpaired) electrons. The van der Waals surface area contributed by atoms with Crippen molar-refractivity contribution in [2.75, 3.05) is 0 Å². The van der Waals surface area contributed by atoms with Crippen LogP contribution in [0.1, 0.15) is 45.4 Å². The van der Waals surface area contributed by atoms with Gasteiger partial charge in [0, 0.05) is 0 Å². The summed E-state index contributed by atoms with van der Waals surface area (Å²) in [6.07, 6.45) is 11.5. The molecule has 66 valence electrons. The number of allylic oxidation sites excluding steroid dienone is 2. The van der Waals surface area contributed by atoms with Crippen LogP contribution in [0.2, 0.25) is 0 Å². The number of rotatable bonds is 0. The lowest BCUT2D eigenvalue weighted by atomic mass is 9.72. The highest BCUT2D eigenvalue weighted by atomic mass is 14.5. The third-order valence-electron chi connectivity index (χ3n) is 4.47. The molecule has 2 bridgehead atoms. The molecule has 2 fully saturated rings. The van der Waals surface area contributed by atoms with Crippen LogP contribution in [0.25, 0.3) is 0 Å². The Labute approximate surface area is 75.0 Å². The van der Waals surface area contributed by atoms with E-state index in [-0.39, 0.29) is 0 Å². The van der Waals surface area contributed by atoms with Crippen LogP contribution in [0.4, 0.5) is 0 Å². The van der Waals surface area contributed by atoms with Gasteiger partial charge in [0.2, 0.25) is 0 Å². The number of fused-ring (bicyclic) bond motifs is 1. The van der Waals surface area contributed by atoms with E-state index in [0.717, 1.165) is 17.3 Å². The average molecular weight is 162 g/mol. The molecule has 0 heteroatoms. The van der Waals surface area contributed by atoms with Crippen molar-refractivity contribution >= 4 is 0 Å². The fourth-order valence-electron chi connectivity index (χ4n) is 3.95. The largest absolute Gasteiger partial charge is 0.0819 e. The summed E-state index contributed by atoms with van der Waals surface area (Å²) in [6, 6.07) is 0. The van der Waals surface area contributed by atoms with Gasteiger partial charge in [0.05, 0.1) is 0 Å². The van der Waals surface area contributed by atoms with Crippen molar-refractivity contribution in [3.05, 3.63) is 11.6 Å². The predicted molar refractivity (Wildman–Crippen MR) is 50.9 cm³/mol. The Kier molecular flexibility index (Phi) is 1.29. The van der Waals surface area contributed by atoms with Crippen molar-refractivity contribution in [2.45, 2.75) is 45.4 Å². The monoisotopic (exact) mass is 162 g/mol. The van der Waals surface area contributed by atoms with Gasteiger partial charge in [0.1, 0.15) is 0 Å². The lowest BCUT2D eigenvalue weighted by Crippen LogP contribution is -2.22. The molecule has 3 unspecified atom stereocenters. The summed E-state index contributed by atoms with van der Waals surface area (Å²) in [4.78, 5) is 0. The molecule has 3 rings (SSSR count). The molecule has 2 saturated carbocycles. The summed E-state index contributed by atoms with van der Waals surface area (Å²) in [7, 11) is 0. The Balaban J connectivity index is 2.03. The van der Waals surface area contributed by atoms with E-state index < -0.39 is 0 Å². The molecule has 0 heterocycles. The molecular formula is C12H18. The van der Waals surface area contributed by atoms with E-state index in [0.29, 0.717) is 0 Å². The van der Waals surface area contributed by atoms with Crippen LogP contribution in [-0.2, 0) is 0 Å². The molecule has 3 aliphatic rings. The van der Waals surface area contributed by atoms with Gasteiger partial charge in [-0.15, -0.1) is 0 Å². The zero-order valence-electron chi connectivity index (χ0n) is 7.97. The van der Waals surface area contributed by atoms with Gasteiger partial charge in [-0.25, -0.2) is 0 Å². The normalized spacial score (nSPS) is 50.6. The third kappa shape index (κ3) is 0.787. The van der Waals surface area contributed by atoms with Crippen LogP contribution in [0.3, 0.4) is 0 Å². The molecule has 0 N–H and O–H groups in total. The minimum Gasteiger partial charge on any atom is -0.0819 e. The molecule has 3 atom stereocenters. The van der Waals surface area contributed by atoms with E-state index in [1.165, 1.54) is 38.5 Å². The van der Waals surface area contributed by atoms with Gasteiger partial charge in [-0.05, 0) is 49.4 Å². The predicted octanol–water partition coefficient (Wildman–Crippen LogP) is 3.53. The third-order valence-corrected chi connectivity index (χ3v) is 4.47. The van der Waals surface area contributed by atoms with Crippen molar-refractivity contribution in [3.8, 4) is 0 Å². The van der Waals surface area contributed by atoms with Crippen LogP contribution >= 0.6 is 0 Å². The Morgan fingerprint density at radius 2 is 2.33 bits per heavy atom. The minimum atomic E-state index is 0.727. The summed E-state index contributed by atoms with van der Waals surface area (Å²) in [6.45, 7) is 2.54. The van der Waals surface area contributed by atoms with Crippen molar-refractivity contribution in [2.24, 2.45) is 17.3 Å². The molecule has 0 aliphatic heterocycles. The van der Waals surface area contributed by atoms with Crippen LogP contribution in [0.15, 0.2) is 11.6 Å². The summed E-state index contributed by atoms with van der Waals surface area (Å²) in [5.74, 6) is 1.98. The van der Waals surface area contributed by atoms with Crippen LogP contribution in [0.5, 0.6) is 0 Å². The Bertz CT molecular complexity index is 238. The second-order valence-electron chi connectivity index (χ2n) is 5.36. The molecule has 12 heavy (non-hydrogen) atoms. The van der Waals surface area contributed by atoms with Gasteiger partial charge in [-0.3, -0.25) is 0 Å². The Morgan fingerprint density at radius 1 is 1.42 bits per heavy atom. The Morgan fingerprint density at radius 3 is 3.17 bits per heavy atom. The van der Waals surface area contributed by atoms with Gasteiger partial charge in [0.25, 0.3) is 0 Å². The summed E-state index contributed by atoms with van der Waals surface area (Å²) < 4.78 is 0. The zero-order chi connectivity index (χ0) is 8.18. The van der Waals surface area contributed by atoms with Crippen molar-refractivity contribution < 1.29 is 0 Å². The van der Waals surface area contributed by atoms with Gasteiger partial charge in [-0.1, -0.05) is 25.0 Å². The first-order valence-corrected chi connectivity index (χ1v) is 5.48. The minimum absolute atomic E-state index is 0.727. The highest BCUT2D eigenvalue weighted by molar-refractivity contribution is 5.25. The summed E-state index contributed by atoms with van der Waals surface area (Å²) in [5, 5.41) is 0. The second-order valence-corrected chi connectivity index (χ2v) is 5.36. The lowest BCUT2D eigenvalue weighted by molar-refractivity contribution is 0.235. The van der Waals surface area contributed by atoms with E-state index in [9.17, 15) is 0 Å². The molecule has 0 nitrogen and oxygen atoms in total. The van der Waals surface area contributed by atoms with Crippen LogP contribution in [0, 0.1) is 17.3 Å². The van der Waals surface area contributed by atoms with Crippen molar-refractivity contribution in [1.82, 2.24) is 0 Å². The second kappa shape index (κ2) is 2.16. The maximum Gasteiger partial charge on any atom is -0.0143 e. The quantitative estimate of drug-likeness (QED) is 0.478. The maximum atomic E-state index is 2.61. The van der Waals surface area contributed by atoms with E-state index in [2.05, 4.69) is 13.0 Å². The van der Waals surface area contributed by atoms with Gasteiger partial charge < -0.3 is 0 Å². The molecule has 0 saturated heterocycles. The van der Waals surface area contributed by atoms with Crippen LogP contribution < -0.4 is 0 Å². The first kappa shape index (κ1) is 7.17. The maximum absolute atomic E-state index is 2.61. The number of hydrogen-bond acceptors (Lipinski definition) is 0. The summed E-state index contributed by atoms with van der Waals surface area (Å²) >= 11 is 0. The highest BCUT2D eigenvalue weighted by Gasteiger charge is 2.48. The van der Waals surface area contributed by atoms with E-state index >= 15 is 0 Å². The van der Waals surface area contributed by atoms with Crippen molar-refractivity contribution in [1.29, 1.82) is 0 Å². The lowest BCUT2D eigenvalue weighted by Gasteiger charge is -2.32. The van der Waals surface area contributed by atoms with Gasteiger partial charge >= 0.3 is 0 Å². The molecule has 0 aromatic rings. The fourth-order valence-corrected chi connectivity index (χ4v) is 3.95. The average Bonchev–Trinajstić information content (AvgIpc) is 2.53. The molecular weight excluding hydrogens is 144 g/mol. The van der Waals surface area contributed by atoms with Crippen LogP contribution in [-0.4, -0.2) is 0 Å². The molecule has 3 aliphatic carbocycles. The molecule has 0 aromatic carbocycles. The SMILES string of the molecule is CC12CCCCC3=CC(CC31)C2. The van der Waals surface area contributed by atoms with E-state index in [4.69, 9.17) is 0 Å². The van der Waals surface area contributed by atoms with Gasteiger partial charge in [0.15, 0.2) is 0 Å². The molecule has 0 aromatic heterocycles. The van der Waals surface area contributed by atoms with Crippen molar-refractivity contribution in [3.63, 3.8) is 0 Å². The highest BCUT2D eigenvalue weighted by Crippen LogP contribution is 2.59. The molecule has 0 spiro atoms. The number of hydrogen-bond donors (Lipinski definition) is 0. The smallest absolute Gasteiger partial charge is 0.0143 e. The summed E-state index contributed by atoms with van der Waals surface area (Å²) in [5.41, 5.74) is 2.57. The first-order chi connectivity index (χ1) is 5.78. The standard InChI is InChI=1S/C12H18/c1-12-5-3-2-4-10-6-9(8-12)7-11(10)12/h6,9,11H,2-5,7-8H2,1H3. The fraction of sp³-hybridized carbons (Fsp3) is 0.833. The van der Waals surface area contributed by atoms with Gasteiger partial charge in [-0.2, -0.15) is 0 Å². The van der Waals surface area contributed by atoms with E-state index in [1.54, 1.807) is 0 Å². The molecule has 0 amide bonds.